The molecule has 1 saturated carbocycles. The highest BCUT2D eigenvalue weighted by molar-refractivity contribution is 7.09. The number of hydrogen-bond donors (Lipinski definition) is 1. The first kappa shape index (κ1) is 14.5. The van der Waals surface area contributed by atoms with Crippen molar-refractivity contribution in [2.75, 3.05) is 7.05 Å². The molecule has 19 heavy (non-hydrogen) atoms. The molecule has 0 aromatic carbocycles. The van der Waals surface area contributed by atoms with Crippen molar-refractivity contribution < 1.29 is 9.90 Å². The van der Waals surface area contributed by atoms with E-state index in [-0.39, 0.29) is 12.0 Å². The smallest absolute Gasteiger partial charge is 0.308 e. The van der Waals surface area contributed by atoms with E-state index in [0.29, 0.717) is 5.92 Å². The van der Waals surface area contributed by atoms with Crippen LogP contribution in [0, 0.1) is 11.8 Å². The van der Waals surface area contributed by atoms with E-state index in [9.17, 15) is 9.90 Å². The average molecular weight is 281 g/mol. The monoisotopic (exact) mass is 281 g/mol. The van der Waals surface area contributed by atoms with Gasteiger partial charge in [0.15, 0.2) is 0 Å². The lowest BCUT2D eigenvalue weighted by Gasteiger charge is -2.39. The first-order chi connectivity index (χ1) is 9.11. The van der Waals surface area contributed by atoms with E-state index in [2.05, 4.69) is 36.4 Å². The summed E-state index contributed by atoms with van der Waals surface area (Å²) in [4.78, 5) is 15.0. The summed E-state index contributed by atoms with van der Waals surface area (Å²) in [6.07, 6.45) is 4.08. The molecule has 3 nitrogen and oxygen atoms in total. The van der Waals surface area contributed by atoms with Crippen LogP contribution in [0.1, 0.15) is 37.5 Å². The van der Waals surface area contributed by atoms with Gasteiger partial charge in [0.2, 0.25) is 0 Å². The number of nitrogens with zero attached hydrogens (tertiary/aromatic N) is 1. The summed E-state index contributed by atoms with van der Waals surface area (Å²) in [5.41, 5.74) is 0. The standard InChI is InChI=1S/C15H23NO2S/c1-3-11-6-7-13(15(17)18)14(9-11)16(2)10-12-5-4-8-19-12/h4-5,8,11,13-14H,3,6-7,9-10H2,1-2H3,(H,17,18). The summed E-state index contributed by atoms with van der Waals surface area (Å²) in [7, 11) is 2.07. The van der Waals surface area contributed by atoms with Crippen LogP contribution < -0.4 is 0 Å². The van der Waals surface area contributed by atoms with Crippen molar-refractivity contribution >= 4 is 17.3 Å². The minimum atomic E-state index is -0.627. The average Bonchev–Trinajstić information content (AvgIpc) is 2.90. The molecule has 3 unspecified atom stereocenters. The molecule has 1 heterocycles. The van der Waals surface area contributed by atoms with Gasteiger partial charge in [-0.3, -0.25) is 9.69 Å². The maximum Gasteiger partial charge on any atom is 0.308 e. The zero-order valence-corrected chi connectivity index (χ0v) is 12.5. The first-order valence-corrected chi connectivity index (χ1v) is 7.95. The summed E-state index contributed by atoms with van der Waals surface area (Å²) in [6, 6.07) is 4.35. The van der Waals surface area contributed by atoms with Gasteiger partial charge in [-0.15, -0.1) is 11.3 Å². The Morgan fingerprint density at radius 1 is 1.53 bits per heavy atom. The van der Waals surface area contributed by atoms with Crippen LogP contribution in [-0.2, 0) is 11.3 Å². The number of carboxylic acid groups (broad SMARTS) is 1. The van der Waals surface area contributed by atoms with Gasteiger partial charge in [0, 0.05) is 17.5 Å². The van der Waals surface area contributed by atoms with Crippen LogP contribution in [0.15, 0.2) is 17.5 Å². The van der Waals surface area contributed by atoms with Crippen molar-refractivity contribution in [2.45, 2.75) is 45.2 Å². The van der Waals surface area contributed by atoms with E-state index < -0.39 is 5.97 Å². The van der Waals surface area contributed by atoms with E-state index in [1.165, 1.54) is 4.88 Å². The molecular weight excluding hydrogens is 258 g/mol. The van der Waals surface area contributed by atoms with Gasteiger partial charge in [0.05, 0.1) is 5.92 Å². The third-order valence-corrected chi connectivity index (χ3v) is 5.23. The minimum absolute atomic E-state index is 0.179. The van der Waals surface area contributed by atoms with E-state index in [4.69, 9.17) is 0 Å². The van der Waals surface area contributed by atoms with Crippen molar-refractivity contribution in [2.24, 2.45) is 11.8 Å². The maximum atomic E-state index is 11.4. The molecule has 106 valence electrons. The molecule has 0 aliphatic heterocycles. The molecule has 3 atom stereocenters. The van der Waals surface area contributed by atoms with Crippen molar-refractivity contribution in [1.29, 1.82) is 0 Å². The number of hydrogen-bond acceptors (Lipinski definition) is 3. The van der Waals surface area contributed by atoms with E-state index in [1.807, 2.05) is 0 Å². The van der Waals surface area contributed by atoms with E-state index >= 15 is 0 Å². The van der Waals surface area contributed by atoms with Crippen molar-refractivity contribution in [3.8, 4) is 0 Å². The summed E-state index contributed by atoms with van der Waals surface area (Å²) in [6.45, 7) is 3.07. The molecule has 4 heteroatoms. The van der Waals surface area contributed by atoms with Crippen LogP contribution in [0.2, 0.25) is 0 Å². The number of rotatable bonds is 5. The highest BCUT2D eigenvalue weighted by Gasteiger charge is 2.36. The van der Waals surface area contributed by atoms with Gasteiger partial charge >= 0.3 is 5.97 Å². The molecule has 1 fully saturated rings. The Balaban J connectivity index is 2.05. The third kappa shape index (κ3) is 3.57. The number of carboxylic acids is 1. The predicted molar refractivity (Wildman–Crippen MR) is 78.3 cm³/mol. The molecule has 1 aromatic rings. The molecule has 0 bridgehead atoms. The van der Waals surface area contributed by atoms with Crippen LogP contribution in [0.25, 0.3) is 0 Å². The van der Waals surface area contributed by atoms with E-state index in [1.54, 1.807) is 11.3 Å². The molecule has 0 spiro atoms. The quantitative estimate of drug-likeness (QED) is 0.898. The number of carbonyl (C=O) groups is 1. The largest absolute Gasteiger partial charge is 0.481 e. The molecule has 0 amide bonds. The van der Waals surface area contributed by atoms with Gasteiger partial charge < -0.3 is 5.11 Å². The Bertz CT molecular complexity index is 404. The highest BCUT2D eigenvalue weighted by atomic mass is 32.1. The number of aliphatic carboxylic acids is 1. The number of thiophene rings is 1. The van der Waals surface area contributed by atoms with Crippen LogP contribution >= 0.6 is 11.3 Å². The van der Waals surface area contributed by atoms with Gasteiger partial charge in [-0.05, 0) is 43.7 Å². The fraction of sp³-hybridized carbons (Fsp3) is 0.667. The van der Waals surface area contributed by atoms with Crippen molar-refractivity contribution in [1.82, 2.24) is 4.90 Å². The van der Waals surface area contributed by atoms with Crippen LogP contribution in [0.3, 0.4) is 0 Å². The lowest BCUT2D eigenvalue weighted by atomic mass is 9.76. The van der Waals surface area contributed by atoms with E-state index in [0.717, 1.165) is 32.2 Å². The molecule has 1 aromatic heterocycles. The minimum Gasteiger partial charge on any atom is -0.481 e. The molecule has 1 aliphatic carbocycles. The topological polar surface area (TPSA) is 40.5 Å². The molecular formula is C15H23NO2S. The second-order valence-corrected chi connectivity index (χ2v) is 6.63. The molecule has 2 rings (SSSR count). The lowest BCUT2D eigenvalue weighted by Crippen LogP contribution is -2.45. The van der Waals surface area contributed by atoms with Crippen molar-refractivity contribution in [3.05, 3.63) is 22.4 Å². The summed E-state index contributed by atoms with van der Waals surface area (Å²) in [5.74, 6) is -0.142. The zero-order valence-electron chi connectivity index (χ0n) is 11.7. The van der Waals surface area contributed by atoms with Crippen LogP contribution in [-0.4, -0.2) is 29.1 Å². The van der Waals surface area contributed by atoms with Gasteiger partial charge in [0.1, 0.15) is 0 Å². The summed E-state index contributed by atoms with van der Waals surface area (Å²) < 4.78 is 0. The van der Waals surface area contributed by atoms with Gasteiger partial charge in [-0.1, -0.05) is 19.4 Å². The maximum absolute atomic E-state index is 11.4. The first-order valence-electron chi connectivity index (χ1n) is 7.07. The second kappa shape index (κ2) is 6.53. The normalized spacial score (nSPS) is 27.6. The Morgan fingerprint density at radius 2 is 2.32 bits per heavy atom. The van der Waals surface area contributed by atoms with Gasteiger partial charge in [-0.25, -0.2) is 0 Å². The SMILES string of the molecule is CCC1CCC(C(=O)O)C(N(C)Cc2cccs2)C1. The molecule has 0 radical (unpaired) electrons. The van der Waals surface area contributed by atoms with Gasteiger partial charge in [0.25, 0.3) is 0 Å². The van der Waals surface area contributed by atoms with Crippen LogP contribution in [0.4, 0.5) is 0 Å². The summed E-state index contributed by atoms with van der Waals surface area (Å²) in [5, 5.41) is 11.5. The van der Waals surface area contributed by atoms with Crippen molar-refractivity contribution in [3.63, 3.8) is 0 Å². The van der Waals surface area contributed by atoms with Gasteiger partial charge in [-0.2, -0.15) is 0 Å². The fourth-order valence-corrected chi connectivity index (χ4v) is 3.91. The summed E-state index contributed by atoms with van der Waals surface area (Å²) >= 11 is 1.74. The predicted octanol–water partition coefficient (Wildman–Crippen LogP) is 3.46. The van der Waals surface area contributed by atoms with Crippen LogP contribution in [0.5, 0.6) is 0 Å². The molecule has 1 aliphatic rings. The Labute approximate surface area is 119 Å². The molecule has 0 saturated heterocycles. The zero-order chi connectivity index (χ0) is 13.8. The molecule has 1 N–H and O–H groups in total. The lowest BCUT2D eigenvalue weighted by molar-refractivity contribution is -0.146. The third-order valence-electron chi connectivity index (χ3n) is 4.37. The highest BCUT2D eigenvalue weighted by Crippen LogP contribution is 2.34. The Morgan fingerprint density at radius 3 is 2.89 bits per heavy atom. The Kier molecular flexibility index (Phi) is 4.99. The fourth-order valence-electron chi connectivity index (χ4n) is 3.14. The second-order valence-electron chi connectivity index (χ2n) is 5.59. The Hall–Kier alpha value is -0.870.